The molecule has 0 fully saturated rings. The Hall–Kier alpha value is -1.71. The number of allylic oxidation sites excluding steroid dienone is 4. The zero-order valence-electron chi connectivity index (χ0n) is 12.1. The third-order valence-electron chi connectivity index (χ3n) is 3.57. The van der Waals surface area contributed by atoms with Crippen LogP contribution in [0.1, 0.15) is 51.9 Å². The maximum atomic E-state index is 11.1. The van der Waals surface area contributed by atoms with Gasteiger partial charge in [-0.3, -0.25) is 4.79 Å². The predicted molar refractivity (Wildman–Crippen MR) is 77.4 cm³/mol. The minimum atomic E-state index is -0.399. The van der Waals surface area contributed by atoms with Crippen LogP contribution in [-0.2, 0) is 14.3 Å². The molecule has 2 rings (SSSR count). The van der Waals surface area contributed by atoms with Gasteiger partial charge in [-0.1, -0.05) is 6.08 Å². The van der Waals surface area contributed by atoms with Gasteiger partial charge in [-0.25, -0.2) is 0 Å². The largest absolute Gasteiger partial charge is 0.459 e. The summed E-state index contributed by atoms with van der Waals surface area (Å²) in [6, 6.07) is 0. The van der Waals surface area contributed by atoms with Crippen molar-refractivity contribution in [3.05, 3.63) is 35.3 Å². The lowest BCUT2D eigenvalue weighted by atomic mass is 10.2. The summed E-state index contributed by atoms with van der Waals surface area (Å²) in [4.78, 5) is 11.1. The van der Waals surface area contributed by atoms with E-state index in [-0.39, 0.29) is 6.29 Å². The lowest BCUT2D eigenvalue weighted by Crippen LogP contribution is -2.17. The smallest absolute Gasteiger partial charge is 0.244 e. The Morgan fingerprint density at radius 3 is 2.20 bits per heavy atom. The second-order valence-electron chi connectivity index (χ2n) is 5.28. The first kappa shape index (κ1) is 14.7. The fraction of sp³-hybridized carbons (Fsp3) is 0.562. The third-order valence-corrected chi connectivity index (χ3v) is 3.57. The zero-order chi connectivity index (χ0) is 14.4. The Morgan fingerprint density at radius 2 is 1.80 bits per heavy atom. The molecule has 4 nitrogen and oxygen atoms in total. The summed E-state index contributed by atoms with van der Waals surface area (Å²) in [5.74, 6) is 1.60. The van der Waals surface area contributed by atoms with Crippen LogP contribution in [0.5, 0.6) is 0 Å². The molecule has 0 unspecified atom stereocenters. The number of hydrogen-bond donors (Lipinski definition) is 1. The van der Waals surface area contributed by atoms with E-state index in [0.29, 0.717) is 12.0 Å². The quantitative estimate of drug-likeness (QED) is 0.573. The molecular formula is C16H23NO3. The van der Waals surface area contributed by atoms with Crippen LogP contribution >= 0.6 is 0 Å². The molecule has 2 aliphatic carbocycles. The van der Waals surface area contributed by atoms with Gasteiger partial charge in [0.05, 0.1) is 11.5 Å². The molecule has 0 aromatic heterocycles. The molecule has 4 heteroatoms. The van der Waals surface area contributed by atoms with Gasteiger partial charge in [-0.15, -0.1) is 0 Å². The summed E-state index contributed by atoms with van der Waals surface area (Å²) in [6.07, 6.45) is 12.5. The van der Waals surface area contributed by atoms with E-state index in [4.69, 9.17) is 15.2 Å². The van der Waals surface area contributed by atoms with Crippen LogP contribution in [-0.4, -0.2) is 12.2 Å². The molecule has 0 radical (unpaired) electrons. The van der Waals surface area contributed by atoms with Crippen LogP contribution in [0, 0.1) is 0 Å². The second kappa shape index (κ2) is 7.17. The summed E-state index contributed by atoms with van der Waals surface area (Å²) in [7, 11) is 0. The maximum absolute atomic E-state index is 11.1. The Morgan fingerprint density at radius 1 is 1.25 bits per heavy atom. The van der Waals surface area contributed by atoms with Gasteiger partial charge in [0, 0.05) is 24.8 Å². The van der Waals surface area contributed by atoms with E-state index in [1.807, 2.05) is 0 Å². The molecule has 0 atom stereocenters. The van der Waals surface area contributed by atoms with Crippen molar-refractivity contribution in [1.82, 2.24) is 0 Å². The molecule has 0 heterocycles. The summed E-state index contributed by atoms with van der Waals surface area (Å²) in [5.41, 5.74) is 5.78. The van der Waals surface area contributed by atoms with Gasteiger partial charge >= 0.3 is 0 Å². The first-order chi connectivity index (χ1) is 9.65. The summed E-state index contributed by atoms with van der Waals surface area (Å²) < 4.78 is 11.8. The Balaban J connectivity index is 1.94. The van der Waals surface area contributed by atoms with Gasteiger partial charge < -0.3 is 15.2 Å². The van der Waals surface area contributed by atoms with E-state index in [0.717, 1.165) is 50.0 Å². The molecule has 0 bridgehead atoms. The maximum Gasteiger partial charge on any atom is 0.244 e. The second-order valence-corrected chi connectivity index (χ2v) is 5.28. The molecule has 0 spiro atoms. The van der Waals surface area contributed by atoms with Crippen LogP contribution in [0.15, 0.2) is 35.3 Å². The minimum Gasteiger partial charge on any atom is -0.459 e. The number of carbonyl (C=O) groups excluding carboxylic acids is 1. The number of ether oxygens (including phenoxy) is 2. The normalized spacial score (nSPS) is 19.0. The molecule has 20 heavy (non-hydrogen) atoms. The van der Waals surface area contributed by atoms with Crippen molar-refractivity contribution in [3.8, 4) is 0 Å². The van der Waals surface area contributed by atoms with Crippen molar-refractivity contribution in [1.29, 1.82) is 0 Å². The predicted octanol–water partition coefficient (Wildman–Crippen LogP) is 3.30. The SMILES string of the molecule is CC(=CCC(OC1=CCCC1)OC1=CCCC1)C(N)=O. The Kier molecular flexibility index (Phi) is 5.27. The van der Waals surface area contributed by atoms with Gasteiger partial charge in [0.25, 0.3) is 0 Å². The molecule has 1 amide bonds. The van der Waals surface area contributed by atoms with Crippen LogP contribution < -0.4 is 5.73 Å². The Bertz CT molecular complexity index is 423. The molecule has 0 saturated carbocycles. The summed E-state index contributed by atoms with van der Waals surface area (Å²) >= 11 is 0. The molecule has 0 aromatic rings. The number of amides is 1. The van der Waals surface area contributed by atoms with Gasteiger partial charge in [0.15, 0.2) is 0 Å². The standard InChI is InChI=1S/C16H23NO3/c1-12(16(17)18)10-11-15(19-13-6-2-3-7-13)20-14-8-4-5-9-14/h6,8,10,15H,2-5,7,9,11H2,1H3,(H2,17,18). The highest BCUT2D eigenvalue weighted by molar-refractivity contribution is 5.91. The topological polar surface area (TPSA) is 61.6 Å². The van der Waals surface area contributed by atoms with E-state index < -0.39 is 5.91 Å². The van der Waals surface area contributed by atoms with E-state index in [2.05, 4.69) is 12.2 Å². The molecule has 0 aromatic carbocycles. The van der Waals surface area contributed by atoms with Gasteiger partial charge in [0.2, 0.25) is 12.2 Å². The average molecular weight is 277 g/mol. The van der Waals surface area contributed by atoms with Gasteiger partial charge in [0.1, 0.15) is 0 Å². The summed E-state index contributed by atoms with van der Waals surface area (Å²) in [6.45, 7) is 1.71. The van der Waals surface area contributed by atoms with Crippen molar-refractivity contribution in [2.24, 2.45) is 5.73 Å². The van der Waals surface area contributed by atoms with Crippen molar-refractivity contribution in [3.63, 3.8) is 0 Å². The van der Waals surface area contributed by atoms with Crippen LogP contribution in [0.3, 0.4) is 0 Å². The van der Waals surface area contributed by atoms with Gasteiger partial charge in [-0.2, -0.15) is 0 Å². The van der Waals surface area contributed by atoms with Crippen LogP contribution in [0.2, 0.25) is 0 Å². The highest BCUT2D eigenvalue weighted by atomic mass is 16.7. The van der Waals surface area contributed by atoms with Crippen molar-refractivity contribution >= 4 is 5.91 Å². The first-order valence-corrected chi connectivity index (χ1v) is 7.33. The Labute approximate surface area is 120 Å². The first-order valence-electron chi connectivity index (χ1n) is 7.33. The average Bonchev–Trinajstić information content (AvgIpc) is 3.08. The molecule has 110 valence electrons. The van der Waals surface area contributed by atoms with Crippen molar-refractivity contribution < 1.29 is 14.3 Å². The number of nitrogens with two attached hydrogens (primary N) is 1. The monoisotopic (exact) mass is 277 g/mol. The number of rotatable bonds is 7. The fourth-order valence-corrected chi connectivity index (χ4v) is 2.33. The number of carbonyl (C=O) groups is 1. The van der Waals surface area contributed by atoms with Crippen LogP contribution in [0.4, 0.5) is 0 Å². The van der Waals surface area contributed by atoms with Crippen molar-refractivity contribution in [2.45, 2.75) is 58.2 Å². The number of primary amides is 1. The van der Waals surface area contributed by atoms with Crippen LogP contribution in [0.25, 0.3) is 0 Å². The van der Waals surface area contributed by atoms with E-state index in [1.165, 1.54) is 0 Å². The fourth-order valence-electron chi connectivity index (χ4n) is 2.33. The zero-order valence-corrected chi connectivity index (χ0v) is 12.1. The molecule has 0 saturated heterocycles. The van der Waals surface area contributed by atoms with E-state index in [1.54, 1.807) is 13.0 Å². The minimum absolute atomic E-state index is 0.363. The number of hydrogen-bond acceptors (Lipinski definition) is 3. The summed E-state index contributed by atoms with van der Waals surface area (Å²) in [5, 5.41) is 0. The highest BCUT2D eigenvalue weighted by Gasteiger charge is 2.18. The lowest BCUT2D eigenvalue weighted by molar-refractivity contribution is -0.114. The molecule has 2 aliphatic rings. The van der Waals surface area contributed by atoms with E-state index >= 15 is 0 Å². The van der Waals surface area contributed by atoms with Gasteiger partial charge in [-0.05, 0) is 44.8 Å². The third kappa shape index (κ3) is 4.44. The van der Waals surface area contributed by atoms with E-state index in [9.17, 15) is 4.79 Å². The molecular weight excluding hydrogens is 254 g/mol. The highest BCUT2D eigenvalue weighted by Crippen LogP contribution is 2.26. The lowest BCUT2D eigenvalue weighted by Gasteiger charge is -2.21. The molecule has 0 aliphatic heterocycles. The van der Waals surface area contributed by atoms with Crippen molar-refractivity contribution in [2.75, 3.05) is 0 Å². The molecule has 2 N–H and O–H groups in total.